The number of aromatic nitrogens is 1. The maximum absolute atomic E-state index is 12.4. The number of fused-ring (bicyclic) bond motifs is 1. The Hall–Kier alpha value is -5.37. The lowest BCUT2D eigenvalue weighted by Crippen LogP contribution is -2.22. The highest BCUT2D eigenvalue weighted by Crippen LogP contribution is 2.41. The number of carbonyl (C=O) groups excluding carboxylic acids is 1. The average Bonchev–Trinajstić information content (AvgIpc) is 3.43. The molecule has 5 rings (SSSR count). The van der Waals surface area contributed by atoms with E-state index in [1.54, 1.807) is 39.5 Å². The van der Waals surface area contributed by atoms with Gasteiger partial charge in [0.15, 0.2) is 11.5 Å². The van der Waals surface area contributed by atoms with E-state index in [-0.39, 0.29) is 5.91 Å². The summed E-state index contributed by atoms with van der Waals surface area (Å²) in [7, 11) is 4.83. The van der Waals surface area contributed by atoms with Crippen LogP contribution in [0.15, 0.2) is 97.1 Å². The molecule has 0 unspecified atom stereocenters. The van der Waals surface area contributed by atoms with E-state index in [2.05, 4.69) is 45.5 Å². The Morgan fingerprint density at radius 2 is 1.55 bits per heavy atom. The van der Waals surface area contributed by atoms with Gasteiger partial charge in [0.05, 0.1) is 39.2 Å². The predicted octanol–water partition coefficient (Wildman–Crippen LogP) is 6.63. The molecule has 0 aliphatic carbocycles. The fraction of sp³-hybridized carbons (Fsp3) is 0.147. The molecule has 0 aliphatic rings. The zero-order valence-electron chi connectivity index (χ0n) is 23.9. The third-order valence-electron chi connectivity index (χ3n) is 6.96. The number of nitrogens with two attached hydrogens (primary N) is 1. The number of nitrogen functional groups attached to an aromatic ring is 1. The van der Waals surface area contributed by atoms with Crippen LogP contribution in [-0.4, -0.2) is 32.2 Å². The molecular formula is C34H34N4O4. The first-order chi connectivity index (χ1) is 20.5. The summed E-state index contributed by atoms with van der Waals surface area (Å²) >= 11 is 0. The number of benzene rings is 4. The molecule has 0 spiro atoms. The normalized spacial score (nSPS) is 11.0. The molecule has 4 N–H and O–H groups in total. The van der Waals surface area contributed by atoms with E-state index in [0.717, 1.165) is 33.4 Å². The Bertz CT molecular complexity index is 1650. The number of methoxy groups -OCH3 is 3. The molecule has 42 heavy (non-hydrogen) atoms. The van der Waals surface area contributed by atoms with E-state index < -0.39 is 0 Å². The van der Waals surface area contributed by atoms with Crippen LogP contribution in [0.5, 0.6) is 17.2 Å². The van der Waals surface area contributed by atoms with Crippen LogP contribution in [0.4, 0.5) is 17.1 Å². The van der Waals surface area contributed by atoms with E-state index >= 15 is 0 Å². The molecule has 0 fully saturated rings. The Labute approximate surface area is 245 Å². The van der Waals surface area contributed by atoms with Crippen molar-refractivity contribution >= 4 is 39.9 Å². The van der Waals surface area contributed by atoms with Crippen LogP contribution in [0.3, 0.4) is 0 Å². The lowest BCUT2D eigenvalue weighted by molar-refractivity contribution is -0.111. The highest BCUT2D eigenvalue weighted by molar-refractivity contribution is 6.03. The van der Waals surface area contributed by atoms with Gasteiger partial charge in [0, 0.05) is 41.7 Å². The molecule has 0 saturated carbocycles. The Kier molecular flexibility index (Phi) is 8.63. The molecule has 0 radical (unpaired) electrons. The van der Waals surface area contributed by atoms with Crippen molar-refractivity contribution in [2.24, 2.45) is 0 Å². The molecule has 214 valence electrons. The number of ether oxygens (including phenoxy) is 3. The van der Waals surface area contributed by atoms with E-state index in [0.29, 0.717) is 41.7 Å². The van der Waals surface area contributed by atoms with Crippen molar-refractivity contribution in [1.82, 2.24) is 4.98 Å². The summed E-state index contributed by atoms with van der Waals surface area (Å²) in [5, 5.41) is 3.97. The highest BCUT2D eigenvalue weighted by atomic mass is 16.5. The Balaban J connectivity index is 1.38. The SMILES string of the molecule is COc1cc(N(Cc2ccc(/C=C\C(=O)Nc3ccccc3N)cc2)Cc2cc3ccccc3[nH]2)cc(OC)c1OC. The smallest absolute Gasteiger partial charge is 0.248 e. The van der Waals surface area contributed by atoms with Gasteiger partial charge in [-0.15, -0.1) is 0 Å². The second-order valence-corrected chi connectivity index (χ2v) is 9.77. The summed E-state index contributed by atoms with van der Waals surface area (Å²) in [6, 6.07) is 29.6. The zero-order chi connectivity index (χ0) is 29.5. The molecule has 5 aromatic rings. The quantitative estimate of drug-likeness (QED) is 0.123. The minimum atomic E-state index is -0.246. The van der Waals surface area contributed by atoms with Crippen LogP contribution in [0.2, 0.25) is 0 Å². The van der Waals surface area contributed by atoms with Crippen LogP contribution in [-0.2, 0) is 17.9 Å². The number of nitrogens with zero attached hydrogens (tertiary/aromatic N) is 1. The van der Waals surface area contributed by atoms with Gasteiger partial charge in [-0.1, -0.05) is 54.6 Å². The first kappa shape index (κ1) is 28.2. The number of para-hydroxylation sites is 3. The Morgan fingerprint density at radius 1 is 0.857 bits per heavy atom. The van der Waals surface area contributed by atoms with Crippen molar-refractivity contribution in [3.05, 3.63) is 114 Å². The van der Waals surface area contributed by atoms with Gasteiger partial charge in [-0.05, 0) is 46.9 Å². The molecule has 4 aromatic carbocycles. The molecule has 0 saturated heterocycles. The van der Waals surface area contributed by atoms with Crippen LogP contribution < -0.4 is 30.2 Å². The number of carbonyl (C=O) groups is 1. The maximum atomic E-state index is 12.4. The second-order valence-electron chi connectivity index (χ2n) is 9.77. The van der Waals surface area contributed by atoms with Gasteiger partial charge < -0.3 is 35.1 Å². The number of hydrogen-bond acceptors (Lipinski definition) is 6. The lowest BCUT2D eigenvalue weighted by atomic mass is 10.1. The van der Waals surface area contributed by atoms with E-state index in [1.165, 1.54) is 6.08 Å². The van der Waals surface area contributed by atoms with Gasteiger partial charge in [0.2, 0.25) is 11.7 Å². The molecular weight excluding hydrogens is 528 g/mol. The molecule has 0 bridgehead atoms. The van der Waals surface area contributed by atoms with Gasteiger partial charge in [-0.25, -0.2) is 0 Å². The third-order valence-corrected chi connectivity index (χ3v) is 6.96. The summed E-state index contributed by atoms with van der Waals surface area (Å²) in [5.41, 5.74) is 12.1. The Morgan fingerprint density at radius 3 is 2.21 bits per heavy atom. The highest BCUT2D eigenvalue weighted by Gasteiger charge is 2.18. The van der Waals surface area contributed by atoms with Gasteiger partial charge in [-0.3, -0.25) is 4.79 Å². The predicted molar refractivity (Wildman–Crippen MR) is 169 cm³/mol. The van der Waals surface area contributed by atoms with Crippen molar-refractivity contribution in [2.45, 2.75) is 13.1 Å². The second kappa shape index (κ2) is 12.9. The number of anilines is 3. The largest absolute Gasteiger partial charge is 0.493 e. The summed E-state index contributed by atoms with van der Waals surface area (Å²) in [4.78, 5) is 18.2. The van der Waals surface area contributed by atoms with Crippen LogP contribution in [0, 0.1) is 0 Å². The molecule has 8 heteroatoms. The topological polar surface area (TPSA) is 102 Å². The monoisotopic (exact) mass is 562 g/mol. The van der Waals surface area contributed by atoms with Gasteiger partial charge in [-0.2, -0.15) is 0 Å². The van der Waals surface area contributed by atoms with Crippen molar-refractivity contribution in [2.75, 3.05) is 37.3 Å². The fourth-order valence-electron chi connectivity index (χ4n) is 4.82. The maximum Gasteiger partial charge on any atom is 0.248 e. The summed E-state index contributed by atoms with van der Waals surface area (Å²) in [6.45, 7) is 1.24. The minimum Gasteiger partial charge on any atom is -0.493 e. The van der Waals surface area contributed by atoms with Gasteiger partial charge in [0.1, 0.15) is 0 Å². The summed E-state index contributed by atoms with van der Waals surface area (Å²) in [6.07, 6.45) is 3.28. The number of amides is 1. The van der Waals surface area contributed by atoms with Crippen molar-refractivity contribution < 1.29 is 19.0 Å². The van der Waals surface area contributed by atoms with Crippen molar-refractivity contribution in [3.8, 4) is 17.2 Å². The summed E-state index contributed by atoms with van der Waals surface area (Å²) < 4.78 is 16.8. The molecule has 1 heterocycles. The molecule has 0 aliphatic heterocycles. The van der Waals surface area contributed by atoms with Crippen molar-refractivity contribution in [1.29, 1.82) is 0 Å². The zero-order valence-corrected chi connectivity index (χ0v) is 23.9. The molecule has 0 atom stereocenters. The van der Waals surface area contributed by atoms with Gasteiger partial charge >= 0.3 is 0 Å². The van der Waals surface area contributed by atoms with Crippen LogP contribution in [0.25, 0.3) is 17.0 Å². The molecule has 1 amide bonds. The van der Waals surface area contributed by atoms with Gasteiger partial charge in [0.25, 0.3) is 0 Å². The number of hydrogen-bond donors (Lipinski definition) is 3. The third kappa shape index (κ3) is 6.50. The lowest BCUT2D eigenvalue weighted by Gasteiger charge is -2.26. The first-order valence-corrected chi connectivity index (χ1v) is 13.5. The number of nitrogens with one attached hydrogen (secondary N) is 2. The van der Waals surface area contributed by atoms with E-state index in [1.807, 2.05) is 48.5 Å². The standard InChI is InChI=1S/C34H34N4O4/c1-40-31-19-27(20-32(41-2)34(31)42-3)38(22-26-18-25-8-4-6-10-29(25)36-26)21-24-14-12-23(13-15-24)16-17-33(39)37-30-11-7-5-9-28(30)35/h4-20,36H,21-22,35H2,1-3H3,(H,37,39)/b17-16-. The van der Waals surface area contributed by atoms with Crippen molar-refractivity contribution in [3.63, 3.8) is 0 Å². The average molecular weight is 563 g/mol. The number of aromatic amines is 1. The molecule has 8 nitrogen and oxygen atoms in total. The number of H-pyrrole nitrogens is 1. The first-order valence-electron chi connectivity index (χ1n) is 13.5. The van der Waals surface area contributed by atoms with Crippen LogP contribution >= 0.6 is 0 Å². The molecule has 1 aromatic heterocycles. The minimum absolute atomic E-state index is 0.246. The van der Waals surface area contributed by atoms with Crippen LogP contribution in [0.1, 0.15) is 16.8 Å². The fourth-order valence-corrected chi connectivity index (χ4v) is 4.82. The summed E-state index contributed by atoms with van der Waals surface area (Å²) in [5.74, 6) is 1.47. The van der Waals surface area contributed by atoms with E-state index in [9.17, 15) is 4.79 Å². The van der Waals surface area contributed by atoms with E-state index in [4.69, 9.17) is 19.9 Å². The number of rotatable bonds is 11.